The molecule has 1 aliphatic heterocycles. The zero-order chi connectivity index (χ0) is 14.9. The molecule has 1 aromatic heterocycles. The number of thioether (sulfide) groups is 1. The first-order valence-electron chi connectivity index (χ1n) is 5.97. The Morgan fingerprint density at radius 3 is 2.65 bits per heavy atom. The zero-order valence-electron chi connectivity index (χ0n) is 10.6. The monoisotopic (exact) mass is 304 g/mol. The second-order valence-corrected chi connectivity index (χ2v) is 5.56. The number of nitrogens with one attached hydrogen (secondary N) is 1. The molecule has 0 amide bonds. The molecule has 5 unspecified atom stereocenters. The number of aromatic amines is 1. The molecule has 1 fully saturated rings. The fraction of sp³-hybridized carbons (Fsp3) is 0.636. The first kappa shape index (κ1) is 15.4. The molecule has 1 aromatic rings. The summed E-state index contributed by atoms with van der Waals surface area (Å²) in [6.07, 6.45) is -3.78. The van der Waals surface area contributed by atoms with E-state index in [4.69, 9.17) is 9.84 Å². The van der Waals surface area contributed by atoms with Gasteiger partial charge in [-0.15, -0.1) is 0 Å². The van der Waals surface area contributed by atoms with Crippen LogP contribution >= 0.6 is 11.8 Å². The molecule has 0 aromatic carbocycles. The van der Waals surface area contributed by atoms with Crippen molar-refractivity contribution >= 4 is 17.5 Å². The first-order valence-corrected chi connectivity index (χ1v) is 6.85. The third kappa shape index (κ3) is 3.03. The zero-order valence-corrected chi connectivity index (χ0v) is 11.4. The Morgan fingerprint density at radius 1 is 1.40 bits per heavy atom. The number of carbonyl (C=O) groups excluding carboxylic acids is 1. The maximum absolute atomic E-state index is 11.1. The summed E-state index contributed by atoms with van der Waals surface area (Å²) in [6, 6.07) is 0. The summed E-state index contributed by atoms with van der Waals surface area (Å²) < 4.78 is 5.31. The van der Waals surface area contributed by atoms with Crippen molar-refractivity contribution in [2.75, 3.05) is 6.61 Å². The van der Waals surface area contributed by atoms with Crippen LogP contribution in [0.15, 0.2) is 11.4 Å². The topological polar surface area (TPSA) is 136 Å². The van der Waals surface area contributed by atoms with E-state index >= 15 is 0 Å². The van der Waals surface area contributed by atoms with Crippen LogP contribution in [0, 0.1) is 0 Å². The Kier molecular flexibility index (Phi) is 4.78. The van der Waals surface area contributed by atoms with E-state index in [1.54, 1.807) is 0 Å². The van der Waals surface area contributed by atoms with Gasteiger partial charge < -0.3 is 30.1 Å². The number of hydrogen-bond donors (Lipinski definition) is 5. The van der Waals surface area contributed by atoms with Crippen molar-refractivity contribution in [3.8, 4) is 0 Å². The van der Waals surface area contributed by atoms with Crippen LogP contribution in [-0.2, 0) is 4.74 Å². The van der Waals surface area contributed by atoms with E-state index in [9.17, 15) is 20.1 Å². The highest BCUT2D eigenvalue weighted by atomic mass is 32.2. The summed E-state index contributed by atoms with van der Waals surface area (Å²) in [5.74, 6) is -0.182. The lowest BCUT2D eigenvalue weighted by Crippen LogP contribution is -2.57. The minimum atomic E-state index is -1.43. The summed E-state index contributed by atoms with van der Waals surface area (Å²) in [6.45, 7) is 0.897. The van der Waals surface area contributed by atoms with Crippen LogP contribution in [0.5, 0.6) is 0 Å². The average Bonchev–Trinajstić information content (AvgIpc) is 2.88. The number of hydrogen-bond acceptors (Lipinski definition) is 8. The molecular formula is C11H16N2O6S. The van der Waals surface area contributed by atoms with E-state index in [0.717, 1.165) is 11.8 Å². The Hall–Kier alpha value is -0.970. The highest BCUT2D eigenvalue weighted by molar-refractivity contribution is 7.99. The third-order valence-electron chi connectivity index (χ3n) is 3.01. The maximum atomic E-state index is 11.1. The third-order valence-corrected chi connectivity index (χ3v) is 4.06. The van der Waals surface area contributed by atoms with Crippen molar-refractivity contribution in [1.82, 2.24) is 9.97 Å². The van der Waals surface area contributed by atoms with Gasteiger partial charge in [-0.1, -0.05) is 11.8 Å². The van der Waals surface area contributed by atoms with Gasteiger partial charge in [-0.05, 0) is 0 Å². The average molecular weight is 304 g/mol. The highest BCUT2D eigenvalue weighted by Gasteiger charge is 2.44. The van der Waals surface area contributed by atoms with Crippen LogP contribution in [0.2, 0.25) is 0 Å². The van der Waals surface area contributed by atoms with Gasteiger partial charge in [-0.2, -0.15) is 0 Å². The number of ketones is 1. The van der Waals surface area contributed by atoms with Crippen molar-refractivity contribution in [2.45, 2.75) is 41.9 Å². The second-order valence-electron chi connectivity index (χ2n) is 4.47. The van der Waals surface area contributed by atoms with Crippen molar-refractivity contribution in [3.63, 3.8) is 0 Å². The van der Waals surface area contributed by atoms with E-state index in [1.165, 1.54) is 13.1 Å². The molecule has 1 aliphatic rings. The Balaban J connectivity index is 2.08. The molecular weight excluding hydrogens is 288 g/mol. The number of nitrogens with zero attached hydrogens (tertiary/aromatic N) is 1. The normalized spacial score (nSPS) is 34.1. The molecule has 20 heavy (non-hydrogen) atoms. The van der Waals surface area contributed by atoms with Crippen molar-refractivity contribution < 1.29 is 30.0 Å². The second kappa shape index (κ2) is 6.20. The maximum Gasteiger partial charge on any atom is 0.177 e. The van der Waals surface area contributed by atoms with Crippen LogP contribution in [-0.4, -0.2) is 72.6 Å². The molecule has 112 valence electrons. The lowest BCUT2D eigenvalue weighted by Gasteiger charge is -2.39. The van der Waals surface area contributed by atoms with Gasteiger partial charge in [0, 0.05) is 6.92 Å². The van der Waals surface area contributed by atoms with Gasteiger partial charge in [0.25, 0.3) is 0 Å². The number of carbonyl (C=O) groups is 1. The number of aliphatic hydroxyl groups excluding tert-OH is 4. The number of aromatic nitrogens is 2. The standard InChI is InChI=1S/C11H16N2O6S/c1-4(15)5-2-12-11(13-5)20-10-9(18)8(17)7(16)6(3-14)19-10/h2,6-10,14,16-18H,3H2,1H3,(H,12,13). The predicted molar refractivity (Wildman–Crippen MR) is 68.2 cm³/mol. The molecule has 5 atom stereocenters. The molecule has 1 saturated heterocycles. The Bertz CT molecular complexity index is 479. The molecule has 0 bridgehead atoms. The van der Waals surface area contributed by atoms with Gasteiger partial charge in [0.2, 0.25) is 0 Å². The fourth-order valence-electron chi connectivity index (χ4n) is 1.82. The SMILES string of the molecule is CC(=O)c1cnc(SC2OC(CO)C(O)C(O)C2O)[nH]1. The van der Waals surface area contributed by atoms with E-state index < -0.39 is 36.5 Å². The van der Waals surface area contributed by atoms with Crippen molar-refractivity contribution in [3.05, 3.63) is 11.9 Å². The minimum absolute atomic E-state index is 0.182. The fourth-order valence-corrected chi connectivity index (χ4v) is 2.82. The van der Waals surface area contributed by atoms with Gasteiger partial charge in [-0.25, -0.2) is 4.98 Å². The number of aliphatic hydroxyl groups is 4. The predicted octanol–water partition coefficient (Wildman–Crippen LogP) is -1.50. The van der Waals surface area contributed by atoms with Gasteiger partial charge in [0.05, 0.1) is 12.8 Å². The van der Waals surface area contributed by atoms with Crippen molar-refractivity contribution in [1.29, 1.82) is 0 Å². The number of imidazole rings is 1. The molecule has 8 nitrogen and oxygen atoms in total. The lowest BCUT2D eigenvalue weighted by atomic mass is 10.0. The number of ether oxygens (including phenoxy) is 1. The molecule has 9 heteroatoms. The lowest BCUT2D eigenvalue weighted by molar-refractivity contribution is -0.205. The summed E-state index contributed by atoms with van der Waals surface area (Å²) >= 11 is 0.962. The smallest absolute Gasteiger partial charge is 0.177 e. The van der Waals surface area contributed by atoms with E-state index in [2.05, 4.69) is 9.97 Å². The summed E-state index contributed by atoms with van der Waals surface area (Å²) in [7, 11) is 0. The Labute approximate surface area is 118 Å². The number of H-pyrrole nitrogens is 1. The Morgan fingerprint density at radius 2 is 2.10 bits per heavy atom. The van der Waals surface area contributed by atoms with Crippen LogP contribution in [0.3, 0.4) is 0 Å². The van der Waals surface area contributed by atoms with Gasteiger partial charge >= 0.3 is 0 Å². The quantitative estimate of drug-likeness (QED) is 0.424. The number of rotatable bonds is 4. The minimum Gasteiger partial charge on any atom is -0.394 e. The molecule has 0 radical (unpaired) electrons. The highest BCUT2D eigenvalue weighted by Crippen LogP contribution is 2.31. The molecule has 5 N–H and O–H groups in total. The van der Waals surface area contributed by atoms with Gasteiger partial charge in [0.15, 0.2) is 10.9 Å². The van der Waals surface area contributed by atoms with Gasteiger partial charge in [-0.3, -0.25) is 4.79 Å². The first-order chi connectivity index (χ1) is 9.43. The van der Waals surface area contributed by atoms with Crippen LogP contribution in [0.4, 0.5) is 0 Å². The van der Waals surface area contributed by atoms with Crippen LogP contribution in [0.1, 0.15) is 17.4 Å². The van der Waals surface area contributed by atoms with Crippen LogP contribution < -0.4 is 0 Å². The summed E-state index contributed by atoms with van der Waals surface area (Å²) in [5, 5.41) is 38.6. The van der Waals surface area contributed by atoms with E-state index in [-0.39, 0.29) is 5.78 Å². The molecule has 0 spiro atoms. The number of Topliss-reactive ketones (excluding diaryl/α,β-unsaturated/α-hetero) is 1. The molecule has 2 heterocycles. The summed E-state index contributed by atoms with van der Waals surface area (Å²) in [5.41, 5.74) is -0.603. The molecule has 0 aliphatic carbocycles. The molecule has 0 saturated carbocycles. The van der Waals surface area contributed by atoms with Crippen LogP contribution in [0.25, 0.3) is 0 Å². The summed E-state index contributed by atoms with van der Waals surface area (Å²) in [4.78, 5) is 17.8. The van der Waals surface area contributed by atoms with E-state index in [0.29, 0.717) is 10.9 Å². The van der Waals surface area contributed by atoms with Gasteiger partial charge in [0.1, 0.15) is 35.5 Å². The largest absolute Gasteiger partial charge is 0.394 e. The van der Waals surface area contributed by atoms with Crippen molar-refractivity contribution in [2.24, 2.45) is 0 Å². The molecule has 2 rings (SSSR count). The van der Waals surface area contributed by atoms with E-state index in [1.807, 2.05) is 0 Å².